The molecule has 14 heavy (non-hydrogen) atoms. The van der Waals surface area contributed by atoms with E-state index in [-0.39, 0.29) is 0 Å². The molecule has 2 unspecified atom stereocenters. The van der Waals surface area contributed by atoms with E-state index in [0.29, 0.717) is 12.1 Å². The molecule has 1 heterocycles. The van der Waals surface area contributed by atoms with Gasteiger partial charge in [0.2, 0.25) is 6.41 Å². The van der Waals surface area contributed by atoms with Gasteiger partial charge in [-0.15, -0.1) is 0 Å². The molecule has 0 radical (unpaired) electrons. The molecule has 4 nitrogen and oxygen atoms in total. The summed E-state index contributed by atoms with van der Waals surface area (Å²) < 4.78 is 0. The number of carbonyl (C=O) groups excluding carboxylic acids is 1. The molecule has 0 aromatic carbocycles. The van der Waals surface area contributed by atoms with Crippen LogP contribution in [0.25, 0.3) is 0 Å². The average Bonchev–Trinajstić information content (AvgIpc) is 2.11. The molecule has 2 atom stereocenters. The van der Waals surface area contributed by atoms with Crippen LogP contribution >= 0.6 is 0 Å². The average molecular weight is 199 g/mol. The minimum absolute atomic E-state index is 0.581. The topological polar surface area (TPSA) is 44.4 Å². The van der Waals surface area contributed by atoms with Gasteiger partial charge in [-0.25, -0.2) is 0 Å². The van der Waals surface area contributed by atoms with Gasteiger partial charge in [0.15, 0.2) is 0 Å². The van der Waals surface area contributed by atoms with Gasteiger partial charge < -0.3 is 15.5 Å². The van der Waals surface area contributed by atoms with E-state index in [1.165, 1.54) is 0 Å². The first kappa shape index (κ1) is 11.5. The molecule has 82 valence electrons. The molecule has 1 rings (SSSR count). The summed E-state index contributed by atoms with van der Waals surface area (Å²) in [7, 11) is 0. The third kappa shape index (κ3) is 4.07. The van der Waals surface area contributed by atoms with Crippen LogP contribution in [0.1, 0.15) is 20.3 Å². The Morgan fingerprint density at radius 2 is 2.07 bits per heavy atom. The van der Waals surface area contributed by atoms with Crippen LogP contribution in [0, 0.1) is 0 Å². The summed E-state index contributed by atoms with van der Waals surface area (Å²) in [6, 6.07) is 1.16. The number of piperazine rings is 1. The van der Waals surface area contributed by atoms with E-state index in [4.69, 9.17) is 0 Å². The van der Waals surface area contributed by atoms with E-state index in [9.17, 15) is 4.79 Å². The van der Waals surface area contributed by atoms with Crippen molar-refractivity contribution in [1.82, 2.24) is 15.5 Å². The van der Waals surface area contributed by atoms with Crippen molar-refractivity contribution in [3.8, 4) is 0 Å². The van der Waals surface area contributed by atoms with E-state index in [0.717, 1.165) is 39.0 Å². The van der Waals surface area contributed by atoms with Crippen LogP contribution in [0.3, 0.4) is 0 Å². The highest BCUT2D eigenvalue weighted by Gasteiger charge is 2.19. The van der Waals surface area contributed by atoms with E-state index >= 15 is 0 Å². The van der Waals surface area contributed by atoms with Gasteiger partial charge in [-0.05, 0) is 26.8 Å². The largest absolute Gasteiger partial charge is 0.359 e. The highest BCUT2D eigenvalue weighted by atomic mass is 16.1. The highest BCUT2D eigenvalue weighted by molar-refractivity contribution is 5.45. The Balaban J connectivity index is 2.13. The van der Waals surface area contributed by atoms with Crippen molar-refractivity contribution in [2.75, 3.05) is 26.2 Å². The lowest BCUT2D eigenvalue weighted by Gasteiger charge is -2.36. The highest BCUT2D eigenvalue weighted by Crippen LogP contribution is 2.03. The van der Waals surface area contributed by atoms with Crippen molar-refractivity contribution < 1.29 is 4.79 Å². The quantitative estimate of drug-likeness (QED) is 0.476. The molecule has 0 aromatic rings. The predicted octanol–water partition coefficient (Wildman–Crippen LogP) is -0.195. The summed E-state index contributed by atoms with van der Waals surface area (Å²) in [5, 5.41) is 6.18. The van der Waals surface area contributed by atoms with Crippen molar-refractivity contribution in [3.05, 3.63) is 0 Å². The molecule has 1 aliphatic heterocycles. The molecule has 0 aromatic heterocycles. The molecule has 4 heteroatoms. The number of amides is 1. The maximum atomic E-state index is 10.0. The molecule has 1 aliphatic rings. The number of hydrogen-bond acceptors (Lipinski definition) is 3. The predicted molar refractivity (Wildman–Crippen MR) is 57.2 cm³/mol. The van der Waals surface area contributed by atoms with Crippen LogP contribution in [-0.4, -0.2) is 49.6 Å². The number of carbonyl (C=O) groups is 1. The van der Waals surface area contributed by atoms with Gasteiger partial charge in [0.05, 0.1) is 0 Å². The first-order valence-corrected chi connectivity index (χ1v) is 5.38. The zero-order valence-electron chi connectivity index (χ0n) is 9.12. The van der Waals surface area contributed by atoms with Crippen LogP contribution in [-0.2, 0) is 4.79 Å². The third-order valence-electron chi connectivity index (χ3n) is 2.51. The Kier molecular flexibility index (Phi) is 4.90. The second kappa shape index (κ2) is 5.98. The van der Waals surface area contributed by atoms with Crippen molar-refractivity contribution in [1.29, 1.82) is 0 Å². The fourth-order valence-electron chi connectivity index (χ4n) is 2.09. The molecule has 0 spiro atoms. The Hall–Kier alpha value is -0.610. The van der Waals surface area contributed by atoms with E-state index in [1.807, 2.05) is 0 Å². The van der Waals surface area contributed by atoms with Gasteiger partial charge in [-0.1, -0.05) is 0 Å². The SMILES string of the molecule is CC1CN(CCCNC=O)CC(C)N1. The van der Waals surface area contributed by atoms with Crippen LogP contribution in [0.4, 0.5) is 0 Å². The second-order valence-electron chi connectivity index (χ2n) is 4.15. The Morgan fingerprint density at radius 1 is 1.43 bits per heavy atom. The molecule has 0 saturated carbocycles. The van der Waals surface area contributed by atoms with E-state index in [1.54, 1.807) is 0 Å². The summed E-state index contributed by atoms with van der Waals surface area (Å²) in [6.07, 6.45) is 1.81. The van der Waals surface area contributed by atoms with Gasteiger partial charge in [-0.2, -0.15) is 0 Å². The van der Waals surface area contributed by atoms with Crippen molar-refractivity contribution in [2.45, 2.75) is 32.4 Å². The van der Waals surface area contributed by atoms with E-state index in [2.05, 4.69) is 29.4 Å². The molecular formula is C10H21N3O. The van der Waals surface area contributed by atoms with Crippen LogP contribution in [0.15, 0.2) is 0 Å². The van der Waals surface area contributed by atoms with Crippen molar-refractivity contribution in [2.24, 2.45) is 0 Å². The van der Waals surface area contributed by atoms with Gasteiger partial charge in [0, 0.05) is 31.7 Å². The Labute approximate surface area is 86.0 Å². The fraction of sp³-hybridized carbons (Fsp3) is 0.900. The first-order chi connectivity index (χ1) is 6.72. The molecule has 0 bridgehead atoms. The van der Waals surface area contributed by atoms with Gasteiger partial charge in [0.25, 0.3) is 0 Å². The summed E-state index contributed by atoms with van der Waals surface area (Å²) in [5.74, 6) is 0. The number of hydrogen-bond donors (Lipinski definition) is 2. The maximum Gasteiger partial charge on any atom is 0.207 e. The number of rotatable bonds is 5. The summed E-state index contributed by atoms with van der Waals surface area (Å²) >= 11 is 0. The summed E-state index contributed by atoms with van der Waals surface area (Å²) in [5.41, 5.74) is 0. The number of nitrogens with one attached hydrogen (secondary N) is 2. The fourth-order valence-corrected chi connectivity index (χ4v) is 2.09. The molecule has 2 N–H and O–H groups in total. The van der Waals surface area contributed by atoms with Crippen LogP contribution < -0.4 is 10.6 Å². The maximum absolute atomic E-state index is 10.0. The smallest absolute Gasteiger partial charge is 0.207 e. The van der Waals surface area contributed by atoms with E-state index < -0.39 is 0 Å². The standard InChI is InChI=1S/C10H21N3O/c1-9-6-13(7-10(2)12-9)5-3-4-11-8-14/h8-10,12H,3-7H2,1-2H3,(H,11,14). The molecular weight excluding hydrogens is 178 g/mol. The Bertz CT molecular complexity index is 165. The lowest BCUT2D eigenvalue weighted by Crippen LogP contribution is -2.54. The summed E-state index contributed by atoms with van der Waals surface area (Å²) in [4.78, 5) is 12.5. The zero-order chi connectivity index (χ0) is 10.4. The third-order valence-corrected chi connectivity index (χ3v) is 2.51. The first-order valence-electron chi connectivity index (χ1n) is 5.38. The Morgan fingerprint density at radius 3 is 2.64 bits per heavy atom. The van der Waals surface area contributed by atoms with Crippen molar-refractivity contribution in [3.63, 3.8) is 0 Å². The molecule has 1 amide bonds. The summed E-state index contributed by atoms with van der Waals surface area (Å²) in [6.45, 7) is 8.53. The monoisotopic (exact) mass is 199 g/mol. The minimum atomic E-state index is 0.581. The lowest BCUT2D eigenvalue weighted by atomic mass is 10.1. The van der Waals surface area contributed by atoms with Gasteiger partial charge in [-0.3, -0.25) is 4.79 Å². The zero-order valence-corrected chi connectivity index (χ0v) is 9.12. The van der Waals surface area contributed by atoms with Crippen LogP contribution in [0.5, 0.6) is 0 Å². The lowest BCUT2D eigenvalue weighted by molar-refractivity contribution is -0.109. The van der Waals surface area contributed by atoms with Gasteiger partial charge in [0.1, 0.15) is 0 Å². The minimum Gasteiger partial charge on any atom is -0.359 e. The second-order valence-corrected chi connectivity index (χ2v) is 4.15. The number of nitrogens with zero attached hydrogens (tertiary/aromatic N) is 1. The molecule has 1 saturated heterocycles. The molecule has 1 fully saturated rings. The normalized spacial score (nSPS) is 28.7. The van der Waals surface area contributed by atoms with Crippen molar-refractivity contribution >= 4 is 6.41 Å². The van der Waals surface area contributed by atoms with Gasteiger partial charge >= 0.3 is 0 Å². The van der Waals surface area contributed by atoms with Crippen LogP contribution in [0.2, 0.25) is 0 Å². The molecule has 0 aliphatic carbocycles.